The Bertz CT molecular complexity index is 598. The normalized spacial score (nSPS) is 10.3. The fourth-order valence-electron chi connectivity index (χ4n) is 2.52. The summed E-state index contributed by atoms with van der Waals surface area (Å²) in [6.45, 7) is 9.13. The molecular weight excluding hydrogens is 272 g/mol. The second-order valence-corrected chi connectivity index (χ2v) is 5.16. The lowest BCUT2D eigenvalue weighted by atomic mass is 10.0. The highest BCUT2D eigenvalue weighted by Crippen LogP contribution is 2.18. The van der Waals surface area contributed by atoms with Crippen LogP contribution in [0.3, 0.4) is 0 Å². The van der Waals surface area contributed by atoms with Gasteiger partial charge in [-0.1, -0.05) is 0 Å². The van der Waals surface area contributed by atoms with Gasteiger partial charge in [0, 0.05) is 42.1 Å². The molecule has 0 saturated heterocycles. The van der Waals surface area contributed by atoms with Crippen LogP contribution in [0.1, 0.15) is 36.7 Å². The predicted octanol–water partition coefficient (Wildman–Crippen LogP) is 4.20. The SMILES string of the molecule is CCNc1ccc(C(=O)c2ccc(N(CC)CC)cc2)cc1. The Balaban J connectivity index is 2.15. The van der Waals surface area contributed by atoms with Gasteiger partial charge in [-0.15, -0.1) is 0 Å². The van der Waals surface area contributed by atoms with Crippen molar-refractivity contribution in [2.45, 2.75) is 20.8 Å². The van der Waals surface area contributed by atoms with Crippen LogP contribution in [0.15, 0.2) is 48.5 Å². The number of hydrogen-bond acceptors (Lipinski definition) is 3. The maximum Gasteiger partial charge on any atom is 0.193 e. The highest BCUT2D eigenvalue weighted by molar-refractivity contribution is 6.09. The minimum atomic E-state index is 0.0640. The van der Waals surface area contributed by atoms with Gasteiger partial charge in [0.1, 0.15) is 0 Å². The van der Waals surface area contributed by atoms with Crippen molar-refractivity contribution in [2.24, 2.45) is 0 Å². The third-order valence-corrected chi connectivity index (χ3v) is 3.79. The third-order valence-electron chi connectivity index (χ3n) is 3.79. The Morgan fingerprint density at radius 3 is 1.82 bits per heavy atom. The lowest BCUT2D eigenvalue weighted by Crippen LogP contribution is -2.21. The summed E-state index contributed by atoms with van der Waals surface area (Å²) in [6, 6.07) is 15.5. The highest BCUT2D eigenvalue weighted by Gasteiger charge is 2.10. The summed E-state index contributed by atoms with van der Waals surface area (Å²) in [7, 11) is 0. The van der Waals surface area contributed by atoms with Crippen molar-refractivity contribution in [3.63, 3.8) is 0 Å². The summed E-state index contributed by atoms with van der Waals surface area (Å²) in [5, 5.41) is 3.23. The number of ketones is 1. The Kier molecular flexibility index (Phi) is 5.59. The number of nitrogens with one attached hydrogen (secondary N) is 1. The Hall–Kier alpha value is -2.29. The van der Waals surface area contributed by atoms with Gasteiger partial charge in [-0.05, 0) is 69.3 Å². The number of nitrogens with zero attached hydrogens (tertiary/aromatic N) is 1. The average molecular weight is 296 g/mol. The number of anilines is 2. The lowest BCUT2D eigenvalue weighted by molar-refractivity contribution is 0.103. The first-order chi connectivity index (χ1) is 10.7. The van der Waals surface area contributed by atoms with E-state index in [4.69, 9.17) is 0 Å². The van der Waals surface area contributed by atoms with E-state index in [1.165, 1.54) is 0 Å². The van der Waals surface area contributed by atoms with E-state index >= 15 is 0 Å². The van der Waals surface area contributed by atoms with Crippen molar-refractivity contribution in [3.05, 3.63) is 59.7 Å². The van der Waals surface area contributed by atoms with Gasteiger partial charge in [-0.25, -0.2) is 0 Å². The zero-order valence-electron chi connectivity index (χ0n) is 13.6. The van der Waals surface area contributed by atoms with Gasteiger partial charge in [0.05, 0.1) is 0 Å². The summed E-state index contributed by atoms with van der Waals surface area (Å²) in [4.78, 5) is 14.8. The molecule has 0 atom stereocenters. The Labute approximate surface area is 133 Å². The van der Waals surface area contributed by atoms with Crippen LogP contribution in [0, 0.1) is 0 Å². The Morgan fingerprint density at radius 2 is 1.36 bits per heavy atom. The van der Waals surface area contributed by atoms with E-state index in [1.54, 1.807) is 0 Å². The number of carbonyl (C=O) groups is 1. The van der Waals surface area contributed by atoms with Crippen LogP contribution in [-0.4, -0.2) is 25.4 Å². The second-order valence-electron chi connectivity index (χ2n) is 5.16. The smallest absolute Gasteiger partial charge is 0.193 e. The van der Waals surface area contributed by atoms with Crippen LogP contribution in [0.25, 0.3) is 0 Å². The summed E-state index contributed by atoms with van der Waals surface area (Å²) < 4.78 is 0. The van der Waals surface area contributed by atoms with Gasteiger partial charge in [0.25, 0.3) is 0 Å². The maximum atomic E-state index is 12.5. The van der Waals surface area contributed by atoms with E-state index in [-0.39, 0.29) is 5.78 Å². The third kappa shape index (κ3) is 3.67. The van der Waals surface area contributed by atoms with Gasteiger partial charge in [-0.3, -0.25) is 4.79 Å². The van der Waals surface area contributed by atoms with Crippen molar-refractivity contribution in [1.29, 1.82) is 0 Å². The zero-order chi connectivity index (χ0) is 15.9. The van der Waals surface area contributed by atoms with E-state index in [0.29, 0.717) is 0 Å². The van der Waals surface area contributed by atoms with Crippen molar-refractivity contribution in [2.75, 3.05) is 29.9 Å². The lowest BCUT2D eigenvalue weighted by Gasteiger charge is -2.21. The fourth-order valence-corrected chi connectivity index (χ4v) is 2.52. The van der Waals surface area contributed by atoms with Crippen LogP contribution >= 0.6 is 0 Å². The molecule has 0 aliphatic carbocycles. The first-order valence-electron chi connectivity index (χ1n) is 7.93. The monoisotopic (exact) mass is 296 g/mol. The molecule has 3 nitrogen and oxygen atoms in total. The van der Waals surface area contributed by atoms with Gasteiger partial charge in [0.15, 0.2) is 5.78 Å². The van der Waals surface area contributed by atoms with Crippen LogP contribution in [0.5, 0.6) is 0 Å². The highest BCUT2D eigenvalue weighted by atomic mass is 16.1. The summed E-state index contributed by atoms with van der Waals surface area (Å²) >= 11 is 0. The first-order valence-corrected chi connectivity index (χ1v) is 7.93. The van der Waals surface area contributed by atoms with Gasteiger partial charge in [0.2, 0.25) is 0 Å². The molecule has 22 heavy (non-hydrogen) atoms. The van der Waals surface area contributed by atoms with E-state index in [2.05, 4.69) is 31.0 Å². The summed E-state index contributed by atoms with van der Waals surface area (Å²) in [5.74, 6) is 0.0640. The predicted molar refractivity (Wildman–Crippen MR) is 94.0 cm³/mol. The van der Waals surface area contributed by atoms with E-state index in [1.807, 2.05) is 48.5 Å². The molecule has 0 unspecified atom stereocenters. The molecule has 0 fully saturated rings. The zero-order valence-corrected chi connectivity index (χ0v) is 13.6. The van der Waals surface area contributed by atoms with Crippen molar-refractivity contribution < 1.29 is 4.79 Å². The maximum absolute atomic E-state index is 12.5. The molecule has 0 aromatic heterocycles. The van der Waals surface area contributed by atoms with Crippen molar-refractivity contribution in [3.8, 4) is 0 Å². The number of benzene rings is 2. The van der Waals surface area contributed by atoms with Gasteiger partial charge in [-0.2, -0.15) is 0 Å². The molecule has 2 aromatic rings. The molecule has 0 bridgehead atoms. The van der Waals surface area contributed by atoms with Crippen LogP contribution < -0.4 is 10.2 Å². The molecule has 0 heterocycles. The van der Waals surface area contributed by atoms with E-state index < -0.39 is 0 Å². The standard InChI is InChI=1S/C19H24N2O/c1-4-20-17-11-7-15(8-12-17)19(22)16-9-13-18(14-10-16)21(5-2)6-3/h7-14,20H,4-6H2,1-3H3. The van der Waals surface area contributed by atoms with E-state index in [0.717, 1.165) is 42.1 Å². The summed E-state index contributed by atoms with van der Waals surface area (Å²) in [5.41, 5.74) is 3.64. The van der Waals surface area contributed by atoms with Gasteiger partial charge < -0.3 is 10.2 Å². The first kappa shape index (κ1) is 16.1. The van der Waals surface area contributed by atoms with Crippen molar-refractivity contribution >= 4 is 17.2 Å². The molecule has 0 aliphatic heterocycles. The average Bonchev–Trinajstić information content (AvgIpc) is 2.57. The van der Waals surface area contributed by atoms with E-state index in [9.17, 15) is 4.79 Å². The van der Waals surface area contributed by atoms with Gasteiger partial charge >= 0.3 is 0 Å². The van der Waals surface area contributed by atoms with Crippen LogP contribution in [-0.2, 0) is 0 Å². The molecule has 0 aliphatic rings. The van der Waals surface area contributed by atoms with Crippen LogP contribution in [0.4, 0.5) is 11.4 Å². The van der Waals surface area contributed by atoms with Crippen molar-refractivity contribution in [1.82, 2.24) is 0 Å². The topological polar surface area (TPSA) is 32.3 Å². The molecule has 0 radical (unpaired) electrons. The fraction of sp³-hybridized carbons (Fsp3) is 0.316. The summed E-state index contributed by atoms with van der Waals surface area (Å²) in [6.07, 6.45) is 0. The quantitative estimate of drug-likeness (QED) is 0.777. The molecule has 1 N–H and O–H groups in total. The molecule has 116 valence electrons. The largest absolute Gasteiger partial charge is 0.385 e. The molecule has 2 rings (SSSR count). The molecule has 0 spiro atoms. The minimum absolute atomic E-state index is 0.0640. The molecular formula is C19H24N2O. The minimum Gasteiger partial charge on any atom is -0.385 e. The van der Waals surface area contributed by atoms with Crippen LogP contribution in [0.2, 0.25) is 0 Å². The molecule has 0 saturated carbocycles. The Morgan fingerprint density at radius 1 is 0.864 bits per heavy atom. The number of hydrogen-bond donors (Lipinski definition) is 1. The second kappa shape index (κ2) is 7.64. The molecule has 3 heteroatoms. The molecule has 0 amide bonds. The number of rotatable bonds is 7. The molecule has 2 aromatic carbocycles. The number of carbonyl (C=O) groups excluding carboxylic acids is 1.